The summed E-state index contributed by atoms with van der Waals surface area (Å²) in [5.74, 6) is 0. The molecular formula is C19H22N4O4S. The van der Waals surface area contributed by atoms with Crippen molar-refractivity contribution < 1.29 is 13.3 Å². The number of anilines is 1. The molecule has 0 aromatic heterocycles. The van der Waals surface area contributed by atoms with Crippen LogP contribution in [0.4, 0.5) is 11.4 Å². The summed E-state index contributed by atoms with van der Waals surface area (Å²) in [5, 5.41) is 15.8. The van der Waals surface area contributed by atoms with Crippen LogP contribution >= 0.6 is 0 Å². The summed E-state index contributed by atoms with van der Waals surface area (Å²) < 4.78 is 26.7. The number of sulfonamides is 1. The topological polar surface area (TPSA) is 105 Å². The van der Waals surface area contributed by atoms with Gasteiger partial charge < -0.3 is 0 Å². The summed E-state index contributed by atoms with van der Waals surface area (Å²) >= 11 is 0. The summed E-state index contributed by atoms with van der Waals surface area (Å²) in [7, 11) is -3.73. The first-order valence-corrected chi connectivity index (χ1v) is 10.5. The predicted molar refractivity (Wildman–Crippen MR) is 108 cm³/mol. The zero-order valence-electron chi connectivity index (χ0n) is 15.5. The maximum atomic E-state index is 12.7. The van der Waals surface area contributed by atoms with E-state index in [0.717, 1.165) is 30.2 Å². The Morgan fingerprint density at radius 2 is 1.86 bits per heavy atom. The highest BCUT2D eigenvalue weighted by Gasteiger charge is 2.29. The van der Waals surface area contributed by atoms with Crippen molar-refractivity contribution >= 4 is 27.1 Å². The van der Waals surface area contributed by atoms with Crippen LogP contribution < -0.4 is 5.43 Å². The molecule has 1 N–H and O–H groups in total. The van der Waals surface area contributed by atoms with E-state index in [1.54, 1.807) is 0 Å². The Labute approximate surface area is 164 Å². The third-order valence-electron chi connectivity index (χ3n) is 4.62. The van der Waals surface area contributed by atoms with Crippen molar-refractivity contribution in [1.82, 2.24) is 4.31 Å². The number of benzene rings is 2. The molecule has 2 aromatic rings. The Balaban J connectivity index is 1.92. The second-order valence-corrected chi connectivity index (χ2v) is 8.38. The molecule has 0 spiro atoms. The molecule has 0 aliphatic carbocycles. The van der Waals surface area contributed by atoms with Crippen molar-refractivity contribution in [3.05, 3.63) is 64.2 Å². The minimum atomic E-state index is -3.73. The average Bonchev–Trinajstić information content (AvgIpc) is 3.25. The van der Waals surface area contributed by atoms with Gasteiger partial charge in [-0.05, 0) is 37.0 Å². The van der Waals surface area contributed by atoms with Gasteiger partial charge in [-0.25, -0.2) is 8.42 Å². The Morgan fingerprint density at radius 3 is 2.46 bits per heavy atom. The smallest absolute Gasteiger partial charge is 0.271 e. The molecule has 8 nitrogen and oxygen atoms in total. The number of nitrogens with zero attached hydrogens (tertiary/aromatic N) is 3. The third kappa shape index (κ3) is 4.20. The van der Waals surface area contributed by atoms with Gasteiger partial charge in [0.15, 0.2) is 0 Å². The summed E-state index contributed by atoms with van der Waals surface area (Å²) in [5.41, 5.74) is 4.20. The molecule has 3 rings (SSSR count). The van der Waals surface area contributed by atoms with E-state index in [-0.39, 0.29) is 16.3 Å². The maximum Gasteiger partial charge on any atom is 0.295 e. The van der Waals surface area contributed by atoms with Crippen LogP contribution in [0.25, 0.3) is 0 Å². The number of hydrazone groups is 1. The first-order chi connectivity index (χ1) is 13.4. The van der Waals surface area contributed by atoms with Gasteiger partial charge in [-0.2, -0.15) is 9.41 Å². The fourth-order valence-corrected chi connectivity index (χ4v) is 4.64. The number of nitrogens with one attached hydrogen (secondary N) is 1. The van der Waals surface area contributed by atoms with Crippen LogP contribution in [0.1, 0.15) is 31.7 Å². The zero-order chi connectivity index (χ0) is 20.1. The Bertz CT molecular complexity index is 984. The Morgan fingerprint density at radius 1 is 1.18 bits per heavy atom. The fourth-order valence-electron chi connectivity index (χ4n) is 3.10. The van der Waals surface area contributed by atoms with Gasteiger partial charge in [-0.3, -0.25) is 15.5 Å². The monoisotopic (exact) mass is 402 g/mol. The van der Waals surface area contributed by atoms with Gasteiger partial charge >= 0.3 is 0 Å². The molecule has 2 aromatic carbocycles. The summed E-state index contributed by atoms with van der Waals surface area (Å²) in [6, 6.07) is 13.4. The van der Waals surface area contributed by atoms with E-state index in [2.05, 4.69) is 10.5 Å². The number of rotatable bonds is 7. The summed E-state index contributed by atoms with van der Waals surface area (Å²) in [4.78, 5) is 10.8. The van der Waals surface area contributed by atoms with Gasteiger partial charge in [0.25, 0.3) is 5.69 Å². The number of hydrogen-bond acceptors (Lipinski definition) is 6. The van der Waals surface area contributed by atoms with Gasteiger partial charge in [0, 0.05) is 19.2 Å². The summed E-state index contributed by atoms with van der Waals surface area (Å²) in [6.07, 6.45) is 2.23. The second kappa shape index (κ2) is 8.49. The number of nitro benzene ring substituents is 1. The van der Waals surface area contributed by atoms with Crippen molar-refractivity contribution in [3.63, 3.8) is 0 Å². The van der Waals surface area contributed by atoms with Crippen molar-refractivity contribution in [2.45, 2.75) is 31.1 Å². The van der Waals surface area contributed by atoms with E-state index in [1.165, 1.54) is 16.4 Å². The highest BCUT2D eigenvalue weighted by Crippen LogP contribution is 2.30. The van der Waals surface area contributed by atoms with Crippen molar-refractivity contribution in [1.29, 1.82) is 0 Å². The van der Waals surface area contributed by atoms with Crippen LogP contribution in [-0.2, 0) is 10.0 Å². The first kappa shape index (κ1) is 20.0. The second-order valence-electron chi connectivity index (χ2n) is 6.44. The van der Waals surface area contributed by atoms with Gasteiger partial charge in [-0.15, -0.1) is 0 Å². The molecule has 0 amide bonds. The molecule has 0 radical (unpaired) electrons. The predicted octanol–water partition coefficient (Wildman–Crippen LogP) is 3.61. The fraction of sp³-hybridized carbons (Fsp3) is 0.316. The van der Waals surface area contributed by atoms with E-state index < -0.39 is 14.9 Å². The lowest BCUT2D eigenvalue weighted by atomic mass is 10.1. The molecule has 9 heteroatoms. The standard InChI is InChI=1S/C19H22N4O4S/c1-2-17(15-8-4-3-5-9-15)20-21-18-11-10-16(14-19(18)23(24)25)28(26,27)22-12-6-7-13-22/h3-5,8-11,14,21H,2,6-7,12-13H2,1H3/b20-17+. The number of hydrogen-bond donors (Lipinski definition) is 1. The third-order valence-corrected chi connectivity index (χ3v) is 6.52. The average molecular weight is 402 g/mol. The Hall–Kier alpha value is -2.78. The molecule has 1 heterocycles. The Kier molecular flexibility index (Phi) is 6.05. The highest BCUT2D eigenvalue weighted by molar-refractivity contribution is 7.89. The lowest BCUT2D eigenvalue weighted by Crippen LogP contribution is -2.27. The van der Waals surface area contributed by atoms with E-state index in [4.69, 9.17) is 0 Å². The minimum absolute atomic E-state index is 0.0746. The van der Waals surface area contributed by atoms with E-state index in [9.17, 15) is 18.5 Å². The largest absolute Gasteiger partial charge is 0.295 e. The normalized spacial score (nSPS) is 15.5. The van der Waals surface area contributed by atoms with E-state index >= 15 is 0 Å². The van der Waals surface area contributed by atoms with Gasteiger partial charge in [-0.1, -0.05) is 37.3 Å². The van der Waals surface area contributed by atoms with Crippen LogP contribution in [0.5, 0.6) is 0 Å². The molecule has 0 unspecified atom stereocenters. The van der Waals surface area contributed by atoms with Crippen LogP contribution in [0.2, 0.25) is 0 Å². The molecular weight excluding hydrogens is 380 g/mol. The highest BCUT2D eigenvalue weighted by atomic mass is 32.2. The van der Waals surface area contributed by atoms with Crippen LogP contribution in [0, 0.1) is 10.1 Å². The quantitative estimate of drug-likeness (QED) is 0.433. The van der Waals surface area contributed by atoms with E-state index in [0.29, 0.717) is 19.5 Å². The molecule has 0 bridgehead atoms. The minimum Gasteiger partial charge on any atom is -0.271 e. The van der Waals surface area contributed by atoms with Crippen molar-refractivity contribution in [2.75, 3.05) is 18.5 Å². The van der Waals surface area contributed by atoms with Crippen molar-refractivity contribution in [2.24, 2.45) is 5.10 Å². The van der Waals surface area contributed by atoms with Gasteiger partial charge in [0.1, 0.15) is 5.69 Å². The van der Waals surface area contributed by atoms with Gasteiger partial charge in [0.2, 0.25) is 10.0 Å². The molecule has 1 saturated heterocycles. The SMILES string of the molecule is CC/C(=N\Nc1ccc(S(=O)(=O)N2CCCC2)cc1[N+](=O)[O-])c1ccccc1. The molecule has 148 valence electrons. The molecule has 0 atom stereocenters. The molecule has 1 aliphatic heterocycles. The lowest BCUT2D eigenvalue weighted by Gasteiger charge is -2.15. The molecule has 0 saturated carbocycles. The van der Waals surface area contributed by atoms with Gasteiger partial charge in [0.05, 0.1) is 15.5 Å². The molecule has 1 aliphatic rings. The lowest BCUT2D eigenvalue weighted by molar-refractivity contribution is -0.384. The van der Waals surface area contributed by atoms with Crippen molar-refractivity contribution in [3.8, 4) is 0 Å². The van der Waals surface area contributed by atoms with Crippen LogP contribution in [-0.4, -0.2) is 36.4 Å². The maximum absolute atomic E-state index is 12.7. The number of nitro groups is 1. The first-order valence-electron chi connectivity index (χ1n) is 9.10. The van der Waals surface area contributed by atoms with Crippen LogP contribution in [0.15, 0.2) is 58.5 Å². The van der Waals surface area contributed by atoms with E-state index in [1.807, 2.05) is 37.3 Å². The summed E-state index contributed by atoms with van der Waals surface area (Å²) in [6.45, 7) is 2.82. The zero-order valence-corrected chi connectivity index (χ0v) is 16.4. The molecule has 1 fully saturated rings. The van der Waals surface area contributed by atoms with Crippen LogP contribution in [0.3, 0.4) is 0 Å². The molecule has 28 heavy (non-hydrogen) atoms.